The van der Waals surface area contributed by atoms with Crippen LogP contribution in [0.25, 0.3) is 0 Å². The lowest BCUT2D eigenvalue weighted by atomic mass is 10.2. The Bertz CT molecular complexity index is 663. The van der Waals surface area contributed by atoms with Crippen LogP contribution in [0.3, 0.4) is 0 Å². The quantitative estimate of drug-likeness (QED) is 0.147. The van der Waals surface area contributed by atoms with Crippen LogP contribution in [0.4, 0.5) is 0 Å². The minimum absolute atomic E-state index is 0.0406. The minimum Gasteiger partial charge on any atom is -0.463 e. The third kappa shape index (κ3) is 15.2. The van der Waals surface area contributed by atoms with Crippen molar-refractivity contribution in [2.45, 2.75) is 64.4 Å². The van der Waals surface area contributed by atoms with E-state index < -0.39 is 13.9 Å². The van der Waals surface area contributed by atoms with Gasteiger partial charge in [0.15, 0.2) is 0 Å². The fraction of sp³-hybridized carbons (Fsp3) is 0.522. The van der Waals surface area contributed by atoms with E-state index in [9.17, 15) is 9.36 Å². The van der Waals surface area contributed by atoms with Crippen LogP contribution in [0, 0.1) is 0 Å². The highest BCUT2D eigenvalue weighted by Gasteiger charge is 2.35. The maximum absolute atomic E-state index is 11.6. The van der Waals surface area contributed by atoms with Gasteiger partial charge in [0.1, 0.15) is 12.7 Å². The van der Waals surface area contributed by atoms with Gasteiger partial charge in [0.2, 0.25) is 0 Å². The lowest BCUT2D eigenvalue weighted by molar-refractivity contribution is -0.146. The smallest absolute Gasteiger partial charge is 0.463 e. The average molecular weight is 439 g/mol. The molecule has 0 aromatic carbocycles. The number of unbranched alkanes of at least 4 members (excludes halogenated alkanes) is 1. The second-order valence-electron chi connectivity index (χ2n) is 6.78. The molecule has 30 heavy (non-hydrogen) atoms. The molecule has 2 atom stereocenters. The molecule has 1 fully saturated rings. The van der Waals surface area contributed by atoms with Gasteiger partial charge >= 0.3 is 13.8 Å². The zero-order valence-corrected chi connectivity index (χ0v) is 18.8. The normalized spacial score (nSPS) is 22.5. The molecule has 0 aliphatic carbocycles. The van der Waals surface area contributed by atoms with Gasteiger partial charge in [0, 0.05) is 6.42 Å². The van der Waals surface area contributed by atoms with Crippen molar-refractivity contribution in [3.05, 3.63) is 60.8 Å². The molecule has 1 rings (SSSR count). The van der Waals surface area contributed by atoms with Crippen LogP contribution in [0.2, 0.25) is 0 Å². The first-order chi connectivity index (χ1) is 14.5. The van der Waals surface area contributed by atoms with Crippen molar-refractivity contribution in [1.82, 2.24) is 0 Å². The Morgan fingerprint density at radius 1 is 0.967 bits per heavy atom. The van der Waals surface area contributed by atoms with Crippen molar-refractivity contribution in [1.29, 1.82) is 0 Å². The van der Waals surface area contributed by atoms with E-state index in [-0.39, 0.29) is 19.2 Å². The van der Waals surface area contributed by atoms with Crippen LogP contribution in [0.15, 0.2) is 60.8 Å². The Kier molecular flexibility index (Phi) is 14.9. The highest BCUT2D eigenvalue weighted by Crippen LogP contribution is 2.49. The standard InChI is InChI=1S/C23H35O6P/c1-2-3-4-5-6-7-8-9-10-11-12-13-14-15-16-17-18-19-23(24)27-20-22-21-28-30(25,26)29-22/h3-4,6-7,9-10,12-13,15-16,22H,2,5,8,11,14,17-21H2,1H3,(H,25,26). The molecular formula is C23H35O6P. The molecule has 6 nitrogen and oxygen atoms in total. The molecule has 0 amide bonds. The molecule has 7 heteroatoms. The van der Waals surface area contributed by atoms with Crippen LogP contribution in [0.5, 0.6) is 0 Å². The first-order valence-electron chi connectivity index (χ1n) is 10.6. The number of esters is 1. The maximum Gasteiger partial charge on any atom is 0.472 e. The summed E-state index contributed by atoms with van der Waals surface area (Å²) in [5.74, 6) is -0.342. The third-order valence-electron chi connectivity index (χ3n) is 4.05. The highest BCUT2D eigenvalue weighted by molar-refractivity contribution is 7.47. The van der Waals surface area contributed by atoms with E-state index in [0.29, 0.717) is 12.8 Å². The number of ether oxygens (including phenoxy) is 1. The van der Waals surface area contributed by atoms with E-state index >= 15 is 0 Å². The highest BCUT2D eigenvalue weighted by atomic mass is 31.2. The topological polar surface area (TPSA) is 82.1 Å². The van der Waals surface area contributed by atoms with Gasteiger partial charge in [0.05, 0.1) is 6.61 Å². The van der Waals surface area contributed by atoms with Crippen molar-refractivity contribution >= 4 is 13.8 Å². The fourth-order valence-electron chi connectivity index (χ4n) is 2.50. The van der Waals surface area contributed by atoms with Gasteiger partial charge in [-0.3, -0.25) is 13.8 Å². The van der Waals surface area contributed by atoms with Crippen LogP contribution >= 0.6 is 7.82 Å². The molecule has 1 N–H and O–H groups in total. The van der Waals surface area contributed by atoms with Crippen molar-refractivity contribution < 1.29 is 28.0 Å². The Hall–Kier alpha value is -1.72. The Morgan fingerprint density at radius 3 is 2.00 bits per heavy atom. The van der Waals surface area contributed by atoms with Gasteiger partial charge in [-0.25, -0.2) is 4.57 Å². The van der Waals surface area contributed by atoms with Crippen LogP contribution < -0.4 is 0 Å². The molecule has 2 unspecified atom stereocenters. The van der Waals surface area contributed by atoms with Crippen LogP contribution in [-0.2, 0) is 23.1 Å². The number of carbonyl (C=O) groups is 1. The number of carbonyl (C=O) groups excluding carboxylic acids is 1. The first kappa shape index (κ1) is 26.3. The van der Waals surface area contributed by atoms with E-state index in [1.54, 1.807) is 0 Å². The molecule has 0 aromatic heterocycles. The molecular weight excluding hydrogens is 403 g/mol. The van der Waals surface area contributed by atoms with E-state index in [1.807, 2.05) is 0 Å². The second kappa shape index (κ2) is 17.0. The summed E-state index contributed by atoms with van der Waals surface area (Å²) in [6.45, 7) is 2.03. The molecule has 0 aromatic rings. The summed E-state index contributed by atoms with van der Waals surface area (Å²) in [6, 6.07) is 0. The predicted molar refractivity (Wildman–Crippen MR) is 120 cm³/mol. The van der Waals surface area contributed by atoms with Crippen molar-refractivity contribution in [2.24, 2.45) is 0 Å². The van der Waals surface area contributed by atoms with E-state index in [2.05, 4.69) is 72.2 Å². The fourth-order valence-corrected chi connectivity index (χ4v) is 3.41. The minimum atomic E-state index is -3.93. The molecule has 1 aliphatic rings. The van der Waals surface area contributed by atoms with Gasteiger partial charge in [-0.1, -0.05) is 67.7 Å². The monoisotopic (exact) mass is 438 g/mol. The summed E-state index contributed by atoms with van der Waals surface area (Å²) in [6.07, 6.45) is 27.5. The van der Waals surface area contributed by atoms with Crippen LogP contribution in [-0.4, -0.2) is 30.2 Å². The lowest BCUT2D eigenvalue weighted by Crippen LogP contribution is -2.20. The van der Waals surface area contributed by atoms with Crippen molar-refractivity contribution in [3.63, 3.8) is 0 Å². The van der Waals surface area contributed by atoms with E-state index in [4.69, 9.17) is 14.2 Å². The zero-order valence-electron chi connectivity index (χ0n) is 17.9. The molecule has 168 valence electrons. The van der Waals surface area contributed by atoms with Gasteiger partial charge in [-0.05, 0) is 44.9 Å². The van der Waals surface area contributed by atoms with Gasteiger partial charge in [-0.15, -0.1) is 0 Å². The molecule has 0 radical (unpaired) electrons. The maximum atomic E-state index is 11.6. The summed E-state index contributed by atoms with van der Waals surface area (Å²) < 4.78 is 25.4. The summed E-state index contributed by atoms with van der Waals surface area (Å²) in [4.78, 5) is 20.7. The number of allylic oxidation sites excluding steroid dienone is 10. The van der Waals surface area contributed by atoms with Gasteiger partial charge in [0.25, 0.3) is 0 Å². The summed E-state index contributed by atoms with van der Waals surface area (Å²) in [5.41, 5.74) is 0. The predicted octanol–water partition coefficient (Wildman–Crippen LogP) is 5.97. The summed E-state index contributed by atoms with van der Waals surface area (Å²) in [7, 11) is -3.93. The molecule has 0 spiro atoms. The van der Waals surface area contributed by atoms with E-state index in [0.717, 1.165) is 38.5 Å². The largest absolute Gasteiger partial charge is 0.472 e. The molecule has 1 aliphatic heterocycles. The van der Waals surface area contributed by atoms with E-state index in [1.165, 1.54) is 0 Å². The second-order valence-corrected chi connectivity index (χ2v) is 8.18. The SMILES string of the molecule is CCC=CCC=CCC=CCC=CCC=CCCCC(=O)OCC1COP(=O)(O)O1. The van der Waals surface area contributed by atoms with Crippen molar-refractivity contribution in [3.8, 4) is 0 Å². The molecule has 0 bridgehead atoms. The summed E-state index contributed by atoms with van der Waals surface area (Å²) in [5, 5.41) is 0. The van der Waals surface area contributed by atoms with Gasteiger partial charge < -0.3 is 9.63 Å². The van der Waals surface area contributed by atoms with Crippen LogP contribution in [0.1, 0.15) is 58.3 Å². The number of rotatable bonds is 15. The molecule has 0 saturated carbocycles. The number of hydrogen-bond donors (Lipinski definition) is 1. The first-order valence-corrected chi connectivity index (χ1v) is 12.1. The Balaban J connectivity index is 1.94. The van der Waals surface area contributed by atoms with Crippen molar-refractivity contribution in [2.75, 3.05) is 13.2 Å². The lowest BCUT2D eigenvalue weighted by Gasteiger charge is -2.08. The Morgan fingerprint density at radius 2 is 1.50 bits per heavy atom. The number of phosphoric ester groups is 1. The third-order valence-corrected chi connectivity index (χ3v) is 5.09. The summed E-state index contributed by atoms with van der Waals surface area (Å²) >= 11 is 0. The zero-order chi connectivity index (χ0) is 21.9. The van der Waals surface area contributed by atoms with Gasteiger partial charge in [-0.2, -0.15) is 0 Å². The average Bonchev–Trinajstić information content (AvgIpc) is 3.07. The molecule has 1 saturated heterocycles. The molecule has 1 heterocycles. The number of hydrogen-bond acceptors (Lipinski definition) is 5. The number of phosphoric acid groups is 1. The Labute approximate surface area is 180 Å².